The van der Waals surface area contributed by atoms with Crippen molar-refractivity contribution in [2.45, 2.75) is 31.7 Å². The molecule has 2 rings (SSSR count). The number of rotatable bonds is 2. The Morgan fingerprint density at radius 2 is 2.31 bits per heavy atom. The second-order valence-electron chi connectivity index (χ2n) is 3.75. The van der Waals surface area contributed by atoms with Crippen LogP contribution in [0, 0.1) is 0 Å². The minimum Gasteiger partial charge on any atom is -0.376 e. The maximum atomic E-state index is 12.3. The van der Waals surface area contributed by atoms with Gasteiger partial charge in [-0.1, -0.05) is 0 Å². The third-order valence-corrected chi connectivity index (χ3v) is 2.50. The predicted molar refractivity (Wildman–Crippen MR) is 49.0 cm³/mol. The summed E-state index contributed by atoms with van der Waals surface area (Å²) in [6, 6.07) is 0.564. The van der Waals surface area contributed by atoms with Gasteiger partial charge in [0.25, 0.3) is 5.56 Å². The molecule has 4 nitrogen and oxygen atoms in total. The Labute approximate surface area is 89.0 Å². The summed E-state index contributed by atoms with van der Waals surface area (Å²) in [6.45, 7) is 0.751. The summed E-state index contributed by atoms with van der Waals surface area (Å²) in [5, 5.41) is 2.05. The SMILES string of the molecule is O=c1cc(C(F)(F)F)[nH]n1C[C@@H]1CCCO1. The van der Waals surface area contributed by atoms with E-state index in [0.29, 0.717) is 12.7 Å². The van der Waals surface area contributed by atoms with E-state index in [1.54, 1.807) is 0 Å². The van der Waals surface area contributed by atoms with Crippen LogP contribution in [-0.2, 0) is 17.5 Å². The van der Waals surface area contributed by atoms with E-state index in [9.17, 15) is 18.0 Å². The van der Waals surface area contributed by atoms with Gasteiger partial charge in [-0.2, -0.15) is 13.2 Å². The quantitative estimate of drug-likeness (QED) is 0.843. The van der Waals surface area contributed by atoms with Crippen molar-refractivity contribution >= 4 is 0 Å². The van der Waals surface area contributed by atoms with Gasteiger partial charge in [-0.15, -0.1) is 0 Å². The zero-order valence-corrected chi connectivity index (χ0v) is 8.38. The number of alkyl halides is 3. The summed E-state index contributed by atoms with van der Waals surface area (Å²) in [5.41, 5.74) is -1.70. The van der Waals surface area contributed by atoms with Gasteiger partial charge in [0.05, 0.1) is 12.6 Å². The van der Waals surface area contributed by atoms with Crippen LogP contribution in [-0.4, -0.2) is 22.5 Å². The smallest absolute Gasteiger partial charge is 0.376 e. The lowest BCUT2D eigenvalue weighted by Crippen LogP contribution is -2.24. The Hall–Kier alpha value is -1.24. The molecule has 1 saturated heterocycles. The van der Waals surface area contributed by atoms with Gasteiger partial charge in [-0.3, -0.25) is 14.6 Å². The lowest BCUT2D eigenvalue weighted by atomic mass is 10.2. The molecule has 2 heterocycles. The summed E-state index contributed by atoms with van der Waals surface area (Å²) >= 11 is 0. The first-order valence-corrected chi connectivity index (χ1v) is 4.95. The van der Waals surface area contributed by atoms with Crippen molar-refractivity contribution in [1.82, 2.24) is 9.78 Å². The molecule has 1 fully saturated rings. The topological polar surface area (TPSA) is 47.0 Å². The van der Waals surface area contributed by atoms with Crippen LogP contribution in [0.3, 0.4) is 0 Å². The van der Waals surface area contributed by atoms with Gasteiger partial charge >= 0.3 is 6.18 Å². The average Bonchev–Trinajstić information content (AvgIpc) is 2.76. The minimum atomic E-state index is -4.51. The number of ether oxygens (including phenoxy) is 1. The van der Waals surface area contributed by atoms with Crippen molar-refractivity contribution in [3.63, 3.8) is 0 Å². The zero-order valence-electron chi connectivity index (χ0n) is 8.38. The van der Waals surface area contributed by atoms with E-state index in [-0.39, 0.29) is 12.6 Å². The Balaban J connectivity index is 2.15. The van der Waals surface area contributed by atoms with E-state index < -0.39 is 17.4 Å². The maximum absolute atomic E-state index is 12.3. The fourth-order valence-corrected chi connectivity index (χ4v) is 1.71. The van der Waals surface area contributed by atoms with Crippen LogP contribution in [0.25, 0.3) is 0 Å². The molecule has 0 bridgehead atoms. The van der Waals surface area contributed by atoms with Gasteiger partial charge in [-0.05, 0) is 12.8 Å². The molecule has 0 spiro atoms. The van der Waals surface area contributed by atoms with Gasteiger partial charge in [0.15, 0.2) is 0 Å². The van der Waals surface area contributed by atoms with Crippen LogP contribution < -0.4 is 5.56 Å². The second kappa shape index (κ2) is 3.97. The zero-order chi connectivity index (χ0) is 11.8. The Bertz CT molecular complexity index is 415. The molecular weight excluding hydrogens is 225 g/mol. The summed E-state index contributed by atoms with van der Waals surface area (Å²) in [7, 11) is 0. The molecule has 1 aliphatic rings. The van der Waals surface area contributed by atoms with E-state index in [1.807, 2.05) is 5.10 Å². The van der Waals surface area contributed by atoms with Crippen molar-refractivity contribution in [3.05, 3.63) is 22.1 Å². The van der Waals surface area contributed by atoms with Gasteiger partial charge in [0.1, 0.15) is 5.69 Å². The highest BCUT2D eigenvalue weighted by atomic mass is 19.4. The van der Waals surface area contributed by atoms with Gasteiger partial charge in [0.2, 0.25) is 0 Å². The monoisotopic (exact) mass is 236 g/mol. The molecule has 90 valence electrons. The number of hydrogen-bond donors (Lipinski definition) is 1. The molecule has 0 amide bonds. The molecule has 7 heteroatoms. The first-order valence-electron chi connectivity index (χ1n) is 4.95. The summed E-state index contributed by atoms with van der Waals surface area (Å²) in [5.74, 6) is 0. The third-order valence-electron chi connectivity index (χ3n) is 2.50. The molecule has 1 atom stereocenters. The van der Waals surface area contributed by atoms with E-state index in [1.165, 1.54) is 0 Å². The van der Waals surface area contributed by atoms with Crippen LogP contribution in [0.1, 0.15) is 18.5 Å². The van der Waals surface area contributed by atoms with Crippen molar-refractivity contribution in [2.24, 2.45) is 0 Å². The standard InChI is InChI=1S/C9H11F3N2O2/c10-9(11,12)7-4-8(15)14(13-7)5-6-2-1-3-16-6/h4,6,13H,1-3,5H2/t6-/m0/s1. The third kappa shape index (κ3) is 2.29. The minimum absolute atomic E-state index is 0.148. The molecule has 0 aromatic carbocycles. The number of nitrogens with zero attached hydrogens (tertiary/aromatic N) is 1. The number of halogens is 3. The summed E-state index contributed by atoms with van der Waals surface area (Å²) in [4.78, 5) is 11.3. The van der Waals surface area contributed by atoms with Crippen molar-refractivity contribution < 1.29 is 17.9 Å². The van der Waals surface area contributed by atoms with Crippen molar-refractivity contribution in [1.29, 1.82) is 0 Å². The van der Waals surface area contributed by atoms with E-state index in [2.05, 4.69) is 0 Å². The highest BCUT2D eigenvalue weighted by Crippen LogP contribution is 2.26. The molecule has 1 aromatic rings. The Kier molecular flexibility index (Phi) is 2.79. The number of hydrogen-bond acceptors (Lipinski definition) is 2. The maximum Gasteiger partial charge on any atom is 0.432 e. The molecule has 0 saturated carbocycles. The number of H-pyrrole nitrogens is 1. The average molecular weight is 236 g/mol. The normalized spacial score (nSPS) is 21.6. The molecule has 1 N–H and O–H groups in total. The van der Waals surface area contributed by atoms with E-state index in [0.717, 1.165) is 17.5 Å². The van der Waals surface area contributed by atoms with Crippen LogP contribution in [0.5, 0.6) is 0 Å². The highest BCUT2D eigenvalue weighted by Gasteiger charge is 2.33. The van der Waals surface area contributed by atoms with Crippen LogP contribution in [0.15, 0.2) is 10.9 Å². The summed E-state index contributed by atoms with van der Waals surface area (Å²) in [6.07, 6.45) is -3.03. The van der Waals surface area contributed by atoms with Crippen LogP contribution >= 0.6 is 0 Å². The van der Waals surface area contributed by atoms with Crippen LogP contribution in [0.2, 0.25) is 0 Å². The Morgan fingerprint density at radius 3 is 2.81 bits per heavy atom. The van der Waals surface area contributed by atoms with Crippen LogP contribution in [0.4, 0.5) is 13.2 Å². The largest absolute Gasteiger partial charge is 0.432 e. The van der Waals surface area contributed by atoms with Crippen molar-refractivity contribution in [2.75, 3.05) is 6.61 Å². The number of aromatic amines is 1. The predicted octanol–water partition coefficient (Wildman–Crippen LogP) is 1.37. The molecule has 0 unspecified atom stereocenters. The van der Waals surface area contributed by atoms with E-state index >= 15 is 0 Å². The fraction of sp³-hybridized carbons (Fsp3) is 0.667. The van der Waals surface area contributed by atoms with Gasteiger partial charge in [0, 0.05) is 12.7 Å². The number of nitrogens with one attached hydrogen (secondary N) is 1. The lowest BCUT2D eigenvalue weighted by molar-refractivity contribution is -0.141. The number of aromatic nitrogens is 2. The fourth-order valence-electron chi connectivity index (χ4n) is 1.71. The first-order chi connectivity index (χ1) is 7.47. The molecule has 16 heavy (non-hydrogen) atoms. The Morgan fingerprint density at radius 1 is 1.56 bits per heavy atom. The molecule has 0 aliphatic carbocycles. The second-order valence-corrected chi connectivity index (χ2v) is 3.75. The van der Waals surface area contributed by atoms with Gasteiger partial charge in [-0.25, -0.2) is 0 Å². The molecule has 1 aromatic heterocycles. The van der Waals surface area contributed by atoms with Gasteiger partial charge < -0.3 is 4.74 Å². The van der Waals surface area contributed by atoms with E-state index in [4.69, 9.17) is 4.74 Å². The highest BCUT2D eigenvalue weighted by molar-refractivity contribution is 5.03. The molecule has 1 aliphatic heterocycles. The summed E-state index contributed by atoms with van der Waals surface area (Å²) < 4.78 is 43.0. The lowest BCUT2D eigenvalue weighted by Gasteiger charge is -2.09. The molecular formula is C9H11F3N2O2. The van der Waals surface area contributed by atoms with Crippen molar-refractivity contribution in [3.8, 4) is 0 Å². The molecule has 0 radical (unpaired) electrons. The first kappa shape index (κ1) is 11.3.